The number of nitrogens with zero attached hydrogens (tertiary/aromatic N) is 1. The highest BCUT2D eigenvalue weighted by molar-refractivity contribution is 5.96. The molecule has 1 heterocycles. The monoisotopic (exact) mass is 350 g/mol. The SMILES string of the molecule is CCCCn1c(C)c(CC)cc(C(=O)N[C@H](C(=O)O)[C@H](C)CC)c1=O. The number of carbonyl (C=O) groups excluding carboxylic acids is 1. The third kappa shape index (κ3) is 4.94. The molecule has 1 aromatic rings. The number of pyridine rings is 1. The molecule has 2 N–H and O–H groups in total. The molecule has 6 heteroatoms. The van der Waals surface area contributed by atoms with E-state index in [4.69, 9.17) is 0 Å². The van der Waals surface area contributed by atoms with E-state index in [2.05, 4.69) is 5.32 Å². The Bertz CT molecular complexity index is 679. The van der Waals surface area contributed by atoms with E-state index in [0.29, 0.717) is 19.4 Å². The fourth-order valence-corrected chi connectivity index (χ4v) is 2.82. The maximum absolute atomic E-state index is 12.8. The third-order valence-electron chi connectivity index (χ3n) is 4.79. The maximum Gasteiger partial charge on any atom is 0.326 e. The third-order valence-corrected chi connectivity index (χ3v) is 4.79. The molecule has 0 bridgehead atoms. The Morgan fingerprint density at radius 3 is 2.40 bits per heavy atom. The molecule has 0 spiro atoms. The first-order valence-electron chi connectivity index (χ1n) is 9.05. The van der Waals surface area contributed by atoms with Crippen LogP contribution < -0.4 is 10.9 Å². The summed E-state index contributed by atoms with van der Waals surface area (Å²) in [5.41, 5.74) is 1.47. The second-order valence-corrected chi connectivity index (χ2v) is 6.51. The van der Waals surface area contributed by atoms with Gasteiger partial charge in [-0.2, -0.15) is 0 Å². The van der Waals surface area contributed by atoms with Crippen LogP contribution in [0.1, 0.15) is 68.6 Å². The van der Waals surface area contributed by atoms with E-state index in [9.17, 15) is 19.5 Å². The van der Waals surface area contributed by atoms with Gasteiger partial charge in [-0.15, -0.1) is 0 Å². The Hall–Kier alpha value is -2.11. The van der Waals surface area contributed by atoms with E-state index in [1.165, 1.54) is 0 Å². The van der Waals surface area contributed by atoms with Crippen molar-refractivity contribution in [3.05, 3.63) is 33.2 Å². The molecule has 0 aliphatic rings. The van der Waals surface area contributed by atoms with Gasteiger partial charge in [0.05, 0.1) is 0 Å². The molecule has 140 valence electrons. The van der Waals surface area contributed by atoms with Crippen molar-refractivity contribution in [3.8, 4) is 0 Å². The first-order valence-corrected chi connectivity index (χ1v) is 9.05. The Kier molecular flexibility index (Phi) is 7.87. The van der Waals surface area contributed by atoms with Crippen LogP contribution in [0.15, 0.2) is 10.9 Å². The average molecular weight is 350 g/mol. The molecular formula is C19H30N2O4. The highest BCUT2D eigenvalue weighted by Gasteiger charge is 2.27. The van der Waals surface area contributed by atoms with E-state index < -0.39 is 17.9 Å². The molecular weight excluding hydrogens is 320 g/mol. The van der Waals surface area contributed by atoms with Crippen LogP contribution in [-0.2, 0) is 17.8 Å². The van der Waals surface area contributed by atoms with E-state index in [0.717, 1.165) is 24.1 Å². The predicted molar refractivity (Wildman–Crippen MR) is 98.1 cm³/mol. The van der Waals surface area contributed by atoms with Gasteiger partial charge in [-0.05, 0) is 37.3 Å². The average Bonchev–Trinajstić information content (AvgIpc) is 2.58. The van der Waals surface area contributed by atoms with Crippen molar-refractivity contribution >= 4 is 11.9 Å². The summed E-state index contributed by atoms with van der Waals surface area (Å²) >= 11 is 0. The number of hydrogen-bond acceptors (Lipinski definition) is 3. The largest absolute Gasteiger partial charge is 0.480 e. The van der Waals surface area contributed by atoms with Crippen LogP contribution in [0.4, 0.5) is 0 Å². The molecule has 0 saturated heterocycles. The molecule has 0 aromatic carbocycles. The van der Waals surface area contributed by atoms with E-state index in [1.807, 2.05) is 27.7 Å². The Morgan fingerprint density at radius 1 is 1.28 bits per heavy atom. The molecule has 1 rings (SSSR count). The van der Waals surface area contributed by atoms with Crippen molar-refractivity contribution in [2.45, 2.75) is 72.9 Å². The molecule has 2 atom stereocenters. The fraction of sp³-hybridized carbons (Fsp3) is 0.632. The maximum atomic E-state index is 12.8. The molecule has 0 radical (unpaired) electrons. The summed E-state index contributed by atoms with van der Waals surface area (Å²) in [7, 11) is 0. The number of carbonyl (C=O) groups is 2. The van der Waals surface area contributed by atoms with Crippen LogP contribution in [-0.4, -0.2) is 27.6 Å². The molecule has 25 heavy (non-hydrogen) atoms. The van der Waals surface area contributed by atoms with Crippen molar-refractivity contribution in [2.24, 2.45) is 5.92 Å². The van der Waals surface area contributed by atoms with E-state index in [-0.39, 0.29) is 17.0 Å². The molecule has 1 aromatic heterocycles. The summed E-state index contributed by atoms with van der Waals surface area (Å²) in [6.07, 6.45) is 3.11. The zero-order valence-electron chi connectivity index (χ0n) is 15.9. The molecule has 0 fully saturated rings. The number of aryl methyl sites for hydroxylation is 1. The minimum Gasteiger partial charge on any atom is -0.480 e. The van der Waals surface area contributed by atoms with Gasteiger partial charge in [0.2, 0.25) is 0 Å². The lowest BCUT2D eigenvalue weighted by Crippen LogP contribution is -2.47. The van der Waals surface area contributed by atoms with Crippen LogP contribution in [0.25, 0.3) is 0 Å². The number of rotatable bonds is 9. The van der Waals surface area contributed by atoms with Crippen LogP contribution in [0.5, 0.6) is 0 Å². The highest BCUT2D eigenvalue weighted by Crippen LogP contribution is 2.12. The summed E-state index contributed by atoms with van der Waals surface area (Å²) < 4.78 is 1.64. The van der Waals surface area contributed by atoms with Gasteiger partial charge in [-0.3, -0.25) is 9.59 Å². The zero-order valence-corrected chi connectivity index (χ0v) is 15.9. The summed E-state index contributed by atoms with van der Waals surface area (Å²) in [5.74, 6) is -1.92. The second kappa shape index (κ2) is 9.39. The van der Waals surface area contributed by atoms with Gasteiger partial charge in [0.1, 0.15) is 11.6 Å². The molecule has 0 saturated carbocycles. The van der Waals surface area contributed by atoms with Gasteiger partial charge in [0.25, 0.3) is 11.5 Å². The number of unbranched alkanes of at least 4 members (excludes halogenated alkanes) is 1. The number of aliphatic carboxylic acids is 1. The van der Waals surface area contributed by atoms with E-state index >= 15 is 0 Å². The lowest BCUT2D eigenvalue weighted by molar-refractivity contribution is -0.140. The number of aromatic nitrogens is 1. The minimum atomic E-state index is -1.09. The number of hydrogen-bond donors (Lipinski definition) is 2. The van der Waals surface area contributed by atoms with E-state index in [1.54, 1.807) is 17.6 Å². The molecule has 0 unspecified atom stereocenters. The van der Waals surface area contributed by atoms with Crippen molar-refractivity contribution in [1.29, 1.82) is 0 Å². The van der Waals surface area contributed by atoms with Gasteiger partial charge < -0.3 is 15.0 Å². The molecule has 6 nitrogen and oxygen atoms in total. The van der Waals surface area contributed by atoms with Gasteiger partial charge in [-0.1, -0.05) is 40.5 Å². The summed E-state index contributed by atoms with van der Waals surface area (Å²) in [5, 5.41) is 11.9. The summed E-state index contributed by atoms with van der Waals surface area (Å²) in [4.78, 5) is 36.8. The number of nitrogens with one attached hydrogen (secondary N) is 1. The van der Waals surface area contributed by atoms with Crippen LogP contribution in [0, 0.1) is 12.8 Å². The predicted octanol–water partition coefficient (Wildman–Crippen LogP) is 2.75. The van der Waals surface area contributed by atoms with Crippen molar-refractivity contribution < 1.29 is 14.7 Å². The topological polar surface area (TPSA) is 88.4 Å². The molecule has 0 aliphatic heterocycles. The Balaban J connectivity index is 3.29. The quantitative estimate of drug-likeness (QED) is 0.717. The summed E-state index contributed by atoms with van der Waals surface area (Å²) in [6, 6.07) is 0.595. The van der Waals surface area contributed by atoms with Crippen LogP contribution >= 0.6 is 0 Å². The van der Waals surface area contributed by atoms with Crippen molar-refractivity contribution in [2.75, 3.05) is 0 Å². The lowest BCUT2D eigenvalue weighted by Gasteiger charge is -2.21. The van der Waals surface area contributed by atoms with Crippen molar-refractivity contribution in [1.82, 2.24) is 9.88 Å². The zero-order chi connectivity index (χ0) is 19.1. The minimum absolute atomic E-state index is 0.0214. The fourth-order valence-electron chi connectivity index (χ4n) is 2.82. The van der Waals surface area contributed by atoms with Gasteiger partial charge >= 0.3 is 5.97 Å². The smallest absolute Gasteiger partial charge is 0.326 e. The standard InChI is InChI=1S/C19H30N2O4/c1-6-9-10-21-13(5)14(8-3)11-15(18(21)23)17(22)20-16(19(24)25)12(4)7-2/h11-12,16H,6-10H2,1-5H3,(H,20,22)(H,24,25)/t12-,16+/m1/s1. The summed E-state index contributed by atoms with van der Waals surface area (Å²) in [6.45, 7) is 10.1. The van der Waals surface area contributed by atoms with Crippen LogP contribution in [0.3, 0.4) is 0 Å². The number of carboxylic acid groups (broad SMARTS) is 1. The number of amides is 1. The van der Waals surface area contributed by atoms with Gasteiger partial charge in [0, 0.05) is 12.2 Å². The first-order chi connectivity index (χ1) is 11.8. The Labute approximate surface area is 149 Å². The van der Waals surface area contributed by atoms with Crippen molar-refractivity contribution in [3.63, 3.8) is 0 Å². The normalized spacial score (nSPS) is 13.3. The second-order valence-electron chi connectivity index (χ2n) is 6.51. The van der Waals surface area contributed by atoms with Gasteiger partial charge in [-0.25, -0.2) is 4.79 Å². The molecule has 1 amide bonds. The lowest BCUT2D eigenvalue weighted by atomic mass is 9.98. The Morgan fingerprint density at radius 2 is 1.92 bits per heavy atom. The number of carboxylic acids is 1. The van der Waals surface area contributed by atoms with Gasteiger partial charge in [0.15, 0.2) is 0 Å². The first kappa shape index (κ1) is 20.9. The van der Waals surface area contributed by atoms with Crippen LogP contribution in [0.2, 0.25) is 0 Å². The highest BCUT2D eigenvalue weighted by atomic mass is 16.4. The molecule has 0 aliphatic carbocycles.